The molecule has 1 heterocycles. The van der Waals surface area contributed by atoms with Crippen LogP contribution in [0.4, 0.5) is 5.69 Å². The summed E-state index contributed by atoms with van der Waals surface area (Å²) in [6.45, 7) is 1.98. The second-order valence-electron chi connectivity index (χ2n) is 3.72. The minimum absolute atomic E-state index is 0. The molecule has 17 heavy (non-hydrogen) atoms. The first kappa shape index (κ1) is 14.8. The molecule has 1 aromatic rings. The predicted octanol–water partition coefficient (Wildman–Crippen LogP) is 2.78. The van der Waals surface area contributed by atoms with Gasteiger partial charge in [0.1, 0.15) is 0 Å². The van der Waals surface area contributed by atoms with Gasteiger partial charge >= 0.3 is 0 Å². The molecule has 6 heteroatoms. The third kappa shape index (κ3) is 3.88. The van der Waals surface area contributed by atoms with Crippen molar-refractivity contribution in [3.8, 4) is 0 Å². The van der Waals surface area contributed by atoms with E-state index in [1.54, 1.807) is 11.8 Å². The number of carbonyl (C=O) groups excluding carboxylic acids is 1. The smallest absolute Gasteiger partial charge is 0.242 e. The van der Waals surface area contributed by atoms with Crippen molar-refractivity contribution >= 4 is 51.7 Å². The second-order valence-corrected chi connectivity index (χ2v) is 5.67. The highest BCUT2D eigenvalue weighted by Crippen LogP contribution is 2.20. The van der Waals surface area contributed by atoms with E-state index in [9.17, 15) is 4.79 Å². The van der Waals surface area contributed by atoms with Crippen molar-refractivity contribution in [2.45, 2.75) is 13.0 Å². The highest BCUT2D eigenvalue weighted by atomic mass is 79.9. The van der Waals surface area contributed by atoms with E-state index in [0.717, 1.165) is 27.4 Å². The van der Waals surface area contributed by atoms with Gasteiger partial charge in [-0.25, -0.2) is 0 Å². The Kier molecular flexibility index (Phi) is 5.79. The first-order valence-electron chi connectivity index (χ1n) is 5.05. The van der Waals surface area contributed by atoms with Crippen LogP contribution in [0.2, 0.25) is 0 Å². The van der Waals surface area contributed by atoms with Gasteiger partial charge in [-0.15, -0.1) is 24.2 Å². The van der Waals surface area contributed by atoms with E-state index in [1.807, 2.05) is 25.1 Å². The summed E-state index contributed by atoms with van der Waals surface area (Å²) in [5.74, 6) is 1.76. The van der Waals surface area contributed by atoms with Crippen molar-refractivity contribution in [2.24, 2.45) is 0 Å². The van der Waals surface area contributed by atoms with Crippen LogP contribution in [-0.4, -0.2) is 23.6 Å². The molecule has 1 aromatic carbocycles. The summed E-state index contributed by atoms with van der Waals surface area (Å²) in [4.78, 5) is 11.9. The Hall–Kier alpha value is -0.230. The molecule has 0 spiro atoms. The van der Waals surface area contributed by atoms with Gasteiger partial charge in [0.25, 0.3) is 0 Å². The number of hydrogen-bond donors (Lipinski definition) is 2. The molecule has 2 N–H and O–H groups in total. The average molecular weight is 338 g/mol. The van der Waals surface area contributed by atoms with Crippen molar-refractivity contribution in [2.75, 3.05) is 16.9 Å². The zero-order chi connectivity index (χ0) is 11.5. The van der Waals surface area contributed by atoms with Gasteiger partial charge in [0.05, 0.1) is 6.04 Å². The highest BCUT2D eigenvalue weighted by Gasteiger charge is 2.22. The number of rotatable bonds is 2. The average Bonchev–Trinajstić information content (AvgIpc) is 2.75. The van der Waals surface area contributed by atoms with E-state index >= 15 is 0 Å². The molecule has 1 fully saturated rings. The van der Waals surface area contributed by atoms with E-state index in [1.165, 1.54) is 0 Å². The predicted molar refractivity (Wildman–Crippen MR) is 79.0 cm³/mol. The van der Waals surface area contributed by atoms with Gasteiger partial charge in [-0.1, -0.05) is 15.9 Å². The van der Waals surface area contributed by atoms with Gasteiger partial charge in [0.15, 0.2) is 0 Å². The minimum Gasteiger partial charge on any atom is -0.324 e. The molecule has 1 aliphatic heterocycles. The first-order chi connectivity index (χ1) is 7.66. The number of aryl methyl sites for hydroxylation is 1. The molecule has 1 amide bonds. The summed E-state index contributed by atoms with van der Waals surface area (Å²) in [7, 11) is 0. The van der Waals surface area contributed by atoms with E-state index in [2.05, 4.69) is 26.6 Å². The lowest BCUT2D eigenvalue weighted by Gasteiger charge is -2.12. The van der Waals surface area contributed by atoms with Gasteiger partial charge in [-0.2, -0.15) is 0 Å². The van der Waals surface area contributed by atoms with Gasteiger partial charge in [0.2, 0.25) is 5.91 Å². The van der Waals surface area contributed by atoms with E-state index < -0.39 is 0 Å². The summed E-state index contributed by atoms with van der Waals surface area (Å²) in [5.41, 5.74) is 1.94. The van der Waals surface area contributed by atoms with Crippen LogP contribution < -0.4 is 10.6 Å². The van der Waals surface area contributed by atoms with E-state index in [4.69, 9.17) is 0 Å². The number of amides is 1. The van der Waals surface area contributed by atoms with Crippen molar-refractivity contribution in [3.63, 3.8) is 0 Å². The third-order valence-electron chi connectivity index (χ3n) is 2.48. The Morgan fingerprint density at radius 3 is 2.94 bits per heavy atom. The molecule has 1 aliphatic rings. The topological polar surface area (TPSA) is 41.1 Å². The lowest BCUT2D eigenvalue weighted by atomic mass is 10.2. The zero-order valence-corrected chi connectivity index (χ0v) is 12.5. The number of nitrogens with one attached hydrogen (secondary N) is 2. The number of thioether (sulfide) groups is 1. The number of halogens is 2. The molecule has 94 valence electrons. The normalized spacial score (nSPS) is 18.6. The molecular weight excluding hydrogens is 324 g/mol. The standard InChI is InChI=1S/C11H13BrN2OS.ClH/c1-7-4-8(12)2-3-9(7)14-11(15)10-5-16-6-13-10;/h2-4,10,13H,5-6H2,1H3,(H,14,15);1H. The van der Waals surface area contributed by atoms with Crippen LogP contribution in [0.3, 0.4) is 0 Å². The number of anilines is 1. The Morgan fingerprint density at radius 2 is 2.35 bits per heavy atom. The van der Waals surface area contributed by atoms with Gasteiger partial charge < -0.3 is 5.32 Å². The lowest BCUT2D eigenvalue weighted by Crippen LogP contribution is -2.37. The molecular formula is C11H14BrClN2OS. The molecule has 1 saturated heterocycles. The molecule has 0 bridgehead atoms. The largest absolute Gasteiger partial charge is 0.324 e. The third-order valence-corrected chi connectivity index (χ3v) is 3.91. The maximum absolute atomic E-state index is 11.9. The van der Waals surface area contributed by atoms with Gasteiger partial charge in [-0.3, -0.25) is 10.1 Å². The van der Waals surface area contributed by atoms with Crippen LogP contribution in [0, 0.1) is 6.92 Å². The second kappa shape index (κ2) is 6.64. The van der Waals surface area contributed by atoms with Crippen molar-refractivity contribution in [1.82, 2.24) is 5.32 Å². The SMILES string of the molecule is Cc1cc(Br)ccc1NC(=O)C1CSCN1.Cl. The van der Waals surface area contributed by atoms with Crippen LogP contribution in [0.25, 0.3) is 0 Å². The Bertz CT molecular complexity index is 410. The van der Waals surface area contributed by atoms with E-state index in [-0.39, 0.29) is 24.4 Å². The maximum atomic E-state index is 11.9. The summed E-state index contributed by atoms with van der Waals surface area (Å²) in [6.07, 6.45) is 0. The summed E-state index contributed by atoms with van der Waals surface area (Å²) >= 11 is 5.15. The van der Waals surface area contributed by atoms with Crippen molar-refractivity contribution < 1.29 is 4.79 Å². The summed E-state index contributed by atoms with van der Waals surface area (Å²) in [6, 6.07) is 5.78. The summed E-state index contributed by atoms with van der Waals surface area (Å²) in [5, 5.41) is 6.09. The van der Waals surface area contributed by atoms with Crippen molar-refractivity contribution in [1.29, 1.82) is 0 Å². The quantitative estimate of drug-likeness (QED) is 0.872. The fourth-order valence-corrected chi connectivity index (χ4v) is 2.97. The molecule has 0 saturated carbocycles. The molecule has 1 atom stereocenters. The van der Waals surface area contributed by atoms with Gasteiger partial charge in [-0.05, 0) is 30.7 Å². The first-order valence-corrected chi connectivity index (χ1v) is 7.00. The lowest BCUT2D eigenvalue weighted by molar-refractivity contribution is -0.117. The number of benzene rings is 1. The monoisotopic (exact) mass is 336 g/mol. The van der Waals surface area contributed by atoms with Crippen LogP contribution in [0.5, 0.6) is 0 Å². The minimum atomic E-state index is -0.0620. The van der Waals surface area contributed by atoms with Crippen LogP contribution in [-0.2, 0) is 4.79 Å². The molecule has 1 unspecified atom stereocenters. The number of hydrogen-bond acceptors (Lipinski definition) is 3. The number of carbonyl (C=O) groups is 1. The molecule has 0 aliphatic carbocycles. The maximum Gasteiger partial charge on any atom is 0.242 e. The fourth-order valence-electron chi connectivity index (χ4n) is 1.55. The van der Waals surface area contributed by atoms with Crippen LogP contribution >= 0.6 is 40.1 Å². The van der Waals surface area contributed by atoms with Crippen LogP contribution in [0.15, 0.2) is 22.7 Å². The zero-order valence-electron chi connectivity index (χ0n) is 9.33. The van der Waals surface area contributed by atoms with Crippen LogP contribution in [0.1, 0.15) is 5.56 Å². The molecule has 3 nitrogen and oxygen atoms in total. The van der Waals surface area contributed by atoms with Gasteiger partial charge in [0, 0.05) is 21.8 Å². The highest BCUT2D eigenvalue weighted by molar-refractivity contribution is 9.10. The van der Waals surface area contributed by atoms with E-state index in [0.29, 0.717) is 0 Å². The molecule has 0 radical (unpaired) electrons. The summed E-state index contributed by atoms with van der Waals surface area (Å²) < 4.78 is 1.03. The molecule has 2 rings (SSSR count). The Morgan fingerprint density at radius 1 is 1.59 bits per heavy atom. The molecule has 0 aromatic heterocycles. The Labute approximate surface area is 120 Å². The fraction of sp³-hybridized carbons (Fsp3) is 0.364. The van der Waals surface area contributed by atoms with Crippen molar-refractivity contribution in [3.05, 3.63) is 28.2 Å². The Balaban J connectivity index is 0.00000144.